The molecule has 0 atom stereocenters. The van der Waals surface area contributed by atoms with Crippen LogP contribution < -0.4 is 10.6 Å². The number of anilines is 1. The van der Waals surface area contributed by atoms with Gasteiger partial charge in [-0.05, 0) is 56.7 Å². The molecule has 0 saturated heterocycles. The fourth-order valence-corrected chi connectivity index (χ4v) is 4.54. The molecule has 0 radical (unpaired) electrons. The summed E-state index contributed by atoms with van der Waals surface area (Å²) in [6.45, 7) is 0. The lowest BCUT2D eigenvalue weighted by Gasteiger charge is -2.26. The first-order valence-corrected chi connectivity index (χ1v) is 9.61. The van der Waals surface area contributed by atoms with Crippen LogP contribution in [0.1, 0.15) is 49.5 Å². The molecule has 7 heteroatoms. The lowest BCUT2D eigenvalue weighted by molar-refractivity contribution is -0.142. The molecule has 3 N–H and O–H groups in total. The number of urea groups is 1. The zero-order valence-corrected chi connectivity index (χ0v) is 14.6. The van der Waals surface area contributed by atoms with E-state index in [9.17, 15) is 9.59 Å². The lowest BCUT2D eigenvalue weighted by atomic mass is 9.86. The van der Waals surface area contributed by atoms with E-state index < -0.39 is 5.97 Å². The Bertz CT molecular complexity index is 807. The maximum Gasteiger partial charge on any atom is 0.319 e. The Morgan fingerprint density at radius 3 is 2.56 bits per heavy atom. The standard InChI is InChI=1S/C18H21N3O3S/c22-17(23)11-3-5-12(6-4-11)19-18(24)20-13-7-8-14-15(9-13)25-16(21-14)10-1-2-10/h7-12H,1-6H2,(H,22,23)(H2,19,20,24). The van der Waals surface area contributed by atoms with Crippen LogP contribution in [0.4, 0.5) is 10.5 Å². The van der Waals surface area contributed by atoms with E-state index in [1.165, 1.54) is 17.8 Å². The van der Waals surface area contributed by atoms with Gasteiger partial charge in [-0.1, -0.05) is 0 Å². The average Bonchev–Trinajstić information content (AvgIpc) is 3.35. The summed E-state index contributed by atoms with van der Waals surface area (Å²) in [6, 6.07) is 5.61. The van der Waals surface area contributed by atoms with Crippen molar-refractivity contribution >= 4 is 39.2 Å². The predicted octanol–water partition coefficient (Wildman–Crippen LogP) is 3.94. The summed E-state index contributed by atoms with van der Waals surface area (Å²) in [5, 5.41) is 16.1. The number of fused-ring (bicyclic) bond motifs is 1. The summed E-state index contributed by atoms with van der Waals surface area (Å²) in [7, 11) is 0. The molecule has 4 rings (SSSR count). The second-order valence-corrected chi connectivity index (χ2v) is 8.06. The quantitative estimate of drug-likeness (QED) is 0.771. The molecular formula is C18H21N3O3S. The van der Waals surface area contributed by atoms with Gasteiger partial charge in [-0.2, -0.15) is 0 Å². The third-order valence-electron chi connectivity index (χ3n) is 5.00. The molecule has 6 nitrogen and oxygen atoms in total. The van der Waals surface area contributed by atoms with E-state index in [2.05, 4.69) is 15.6 Å². The smallest absolute Gasteiger partial charge is 0.319 e. The number of nitrogens with zero attached hydrogens (tertiary/aromatic N) is 1. The molecule has 2 fully saturated rings. The van der Waals surface area contributed by atoms with E-state index in [-0.39, 0.29) is 18.0 Å². The molecule has 1 aromatic carbocycles. The zero-order valence-electron chi connectivity index (χ0n) is 13.8. The Morgan fingerprint density at radius 1 is 1.12 bits per heavy atom. The lowest BCUT2D eigenvalue weighted by Crippen LogP contribution is -2.40. The summed E-state index contributed by atoms with van der Waals surface area (Å²) in [4.78, 5) is 27.8. The number of carbonyl (C=O) groups is 2. The van der Waals surface area contributed by atoms with Crippen LogP contribution in [0.2, 0.25) is 0 Å². The predicted molar refractivity (Wildman–Crippen MR) is 97.1 cm³/mol. The van der Waals surface area contributed by atoms with Crippen LogP contribution in [0.3, 0.4) is 0 Å². The highest BCUT2D eigenvalue weighted by molar-refractivity contribution is 7.18. The van der Waals surface area contributed by atoms with Gasteiger partial charge >= 0.3 is 12.0 Å². The number of aliphatic carboxylic acids is 1. The van der Waals surface area contributed by atoms with E-state index in [1.807, 2.05) is 18.2 Å². The third kappa shape index (κ3) is 3.76. The molecule has 0 bridgehead atoms. The summed E-state index contributed by atoms with van der Waals surface area (Å²) in [6.07, 6.45) is 5.13. The Morgan fingerprint density at radius 2 is 1.88 bits per heavy atom. The number of hydrogen-bond acceptors (Lipinski definition) is 4. The van der Waals surface area contributed by atoms with Crippen molar-refractivity contribution in [2.24, 2.45) is 5.92 Å². The molecule has 2 aliphatic rings. The molecule has 132 valence electrons. The van der Waals surface area contributed by atoms with Crippen LogP contribution in [0.25, 0.3) is 10.2 Å². The first kappa shape index (κ1) is 16.3. The maximum atomic E-state index is 12.2. The highest BCUT2D eigenvalue weighted by atomic mass is 32.1. The number of hydrogen-bond donors (Lipinski definition) is 3. The Kier molecular flexibility index (Phi) is 4.33. The van der Waals surface area contributed by atoms with Crippen molar-refractivity contribution in [1.82, 2.24) is 10.3 Å². The Labute approximate surface area is 149 Å². The average molecular weight is 359 g/mol. The minimum atomic E-state index is -0.730. The highest BCUT2D eigenvalue weighted by Crippen LogP contribution is 2.43. The van der Waals surface area contributed by atoms with Crippen molar-refractivity contribution in [3.8, 4) is 0 Å². The number of carboxylic acids is 1. The van der Waals surface area contributed by atoms with Gasteiger partial charge in [0, 0.05) is 17.6 Å². The van der Waals surface area contributed by atoms with Gasteiger partial charge in [0.25, 0.3) is 0 Å². The van der Waals surface area contributed by atoms with E-state index in [1.54, 1.807) is 11.3 Å². The van der Waals surface area contributed by atoms with Gasteiger partial charge in [-0.25, -0.2) is 9.78 Å². The number of benzene rings is 1. The number of thiazole rings is 1. The van der Waals surface area contributed by atoms with Crippen molar-refractivity contribution in [3.05, 3.63) is 23.2 Å². The molecule has 2 aromatic rings. The summed E-state index contributed by atoms with van der Waals surface area (Å²) < 4.78 is 1.10. The van der Waals surface area contributed by atoms with Gasteiger partial charge in [0.15, 0.2) is 0 Å². The topological polar surface area (TPSA) is 91.3 Å². The Balaban J connectivity index is 1.34. The highest BCUT2D eigenvalue weighted by Gasteiger charge is 2.28. The van der Waals surface area contributed by atoms with Gasteiger partial charge in [-0.3, -0.25) is 4.79 Å². The molecule has 1 aromatic heterocycles. The summed E-state index contributed by atoms with van der Waals surface area (Å²) >= 11 is 1.71. The fraction of sp³-hybridized carbons (Fsp3) is 0.500. The van der Waals surface area contributed by atoms with Crippen molar-refractivity contribution in [2.75, 3.05) is 5.32 Å². The first-order valence-electron chi connectivity index (χ1n) is 8.79. The molecular weight excluding hydrogens is 338 g/mol. The van der Waals surface area contributed by atoms with Crippen LogP contribution in [0.15, 0.2) is 18.2 Å². The van der Waals surface area contributed by atoms with E-state index in [0.29, 0.717) is 31.6 Å². The number of carbonyl (C=O) groups excluding carboxylic acids is 1. The zero-order chi connectivity index (χ0) is 17.4. The SMILES string of the molecule is O=C(Nc1ccc2nc(C3CC3)sc2c1)NC1CCC(C(=O)O)CC1. The van der Waals surface area contributed by atoms with Gasteiger partial charge in [0.2, 0.25) is 0 Å². The normalized spacial score (nSPS) is 23.4. The van der Waals surface area contributed by atoms with Crippen LogP contribution in [-0.2, 0) is 4.79 Å². The summed E-state index contributed by atoms with van der Waals surface area (Å²) in [5.74, 6) is -0.361. The number of carboxylic acid groups (broad SMARTS) is 1. The minimum absolute atomic E-state index is 0.0456. The van der Waals surface area contributed by atoms with E-state index in [4.69, 9.17) is 5.11 Å². The Hall–Kier alpha value is -2.15. The molecule has 2 saturated carbocycles. The number of amides is 2. The van der Waals surface area contributed by atoms with Gasteiger partial charge in [-0.15, -0.1) is 11.3 Å². The molecule has 2 amide bonds. The van der Waals surface area contributed by atoms with Crippen LogP contribution >= 0.6 is 11.3 Å². The molecule has 0 unspecified atom stereocenters. The third-order valence-corrected chi connectivity index (χ3v) is 6.18. The number of rotatable bonds is 4. The van der Waals surface area contributed by atoms with Gasteiger partial charge < -0.3 is 15.7 Å². The number of aromatic nitrogens is 1. The maximum absolute atomic E-state index is 12.2. The first-order chi connectivity index (χ1) is 12.1. The minimum Gasteiger partial charge on any atom is -0.481 e. The molecule has 25 heavy (non-hydrogen) atoms. The largest absolute Gasteiger partial charge is 0.481 e. The van der Waals surface area contributed by atoms with E-state index >= 15 is 0 Å². The number of nitrogens with one attached hydrogen (secondary N) is 2. The molecule has 0 aliphatic heterocycles. The fourth-order valence-electron chi connectivity index (χ4n) is 3.36. The molecule has 1 heterocycles. The van der Waals surface area contributed by atoms with Crippen molar-refractivity contribution in [1.29, 1.82) is 0 Å². The monoisotopic (exact) mass is 359 g/mol. The van der Waals surface area contributed by atoms with Crippen molar-refractivity contribution in [2.45, 2.75) is 50.5 Å². The van der Waals surface area contributed by atoms with Crippen LogP contribution in [0.5, 0.6) is 0 Å². The van der Waals surface area contributed by atoms with Gasteiger partial charge in [0.05, 0.1) is 21.1 Å². The van der Waals surface area contributed by atoms with Crippen LogP contribution in [0, 0.1) is 5.92 Å². The second-order valence-electron chi connectivity index (χ2n) is 6.99. The van der Waals surface area contributed by atoms with Crippen LogP contribution in [-0.4, -0.2) is 28.1 Å². The molecule has 2 aliphatic carbocycles. The van der Waals surface area contributed by atoms with Gasteiger partial charge in [0.1, 0.15) is 0 Å². The van der Waals surface area contributed by atoms with Crippen molar-refractivity contribution in [3.63, 3.8) is 0 Å². The second kappa shape index (κ2) is 6.63. The molecule has 0 spiro atoms. The summed E-state index contributed by atoms with van der Waals surface area (Å²) in [5.41, 5.74) is 1.75. The van der Waals surface area contributed by atoms with E-state index in [0.717, 1.165) is 15.9 Å². The van der Waals surface area contributed by atoms with Crippen molar-refractivity contribution < 1.29 is 14.7 Å².